The number of aryl methyl sites for hydroxylation is 2. The van der Waals surface area contributed by atoms with Crippen molar-refractivity contribution in [2.45, 2.75) is 46.1 Å². The Balaban J connectivity index is 1.69. The highest BCUT2D eigenvalue weighted by atomic mass is 16.5. The molecule has 2 aromatic rings. The summed E-state index contributed by atoms with van der Waals surface area (Å²) in [4.78, 5) is 53.4. The van der Waals surface area contributed by atoms with Gasteiger partial charge in [-0.15, -0.1) is 0 Å². The second-order valence-corrected chi connectivity index (χ2v) is 7.50. The number of urea groups is 1. The van der Waals surface area contributed by atoms with Gasteiger partial charge in [-0.05, 0) is 25.5 Å². The van der Waals surface area contributed by atoms with Crippen LogP contribution in [-0.2, 0) is 32.0 Å². The number of amides is 2. The third kappa shape index (κ3) is 5.97. The molecule has 0 saturated heterocycles. The van der Waals surface area contributed by atoms with Gasteiger partial charge in [-0.25, -0.2) is 14.6 Å². The van der Waals surface area contributed by atoms with Crippen molar-refractivity contribution < 1.29 is 23.9 Å². The van der Waals surface area contributed by atoms with Crippen molar-refractivity contribution >= 4 is 29.0 Å². The highest BCUT2D eigenvalue weighted by molar-refractivity contribution is 5.93. The number of rotatable bonds is 10. The van der Waals surface area contributed by atoms with E-state index >= 15 is 0 Å². The van der Waals surface area contributed by atoms with Crippen molar-refractivity contribution in [2.75, 3.05) is 19.8 Å². The van der Waals surface area contributed by atoms with E-state index in [2.05, 4.69) is 22.5 Å². The van der Waals surface area contributed by atoms with Crippen LogP contribution in [-0.4, -0.2) is 47.3 Å². The Morgan fingerprint density at radius 2 is 1.94 bits per heavy atom. The van der Waals surface area contributed by atoms with Gasteiger partial charge in [0, 0.05) is 13.0 Å². The average Bonchev–Trinajstić information content (AvgIpc) is 2.81. The fraction of sp³-hybridized carbons (Fsp3) is 0.435. The summed E-state index contributed by atoms with van der Waals surface area (Å²) in [7, 11) is 0. The van der Waals surface area contributed by atoms with Crippen molar-refractivity contribution in [1.29, 1.82) is 0 Å². The molecule has 0 fully saturated rings. The monoisotopic (exact) mass is 456 g/mol. The van der Waals surface area contributed by atoms with Gasteiger partial charge < -0.3 is 24.7 Å². The summed E-state index contributed by atoms with van der Waals surface area (Å²) in [6.45, 7) is 4.18. The van der Waals surface area contributed by atoms with E-state index in [9.17, 15) is 19.2 Å². The number of hydrogen-bond acceptors (Lipinski definition) is 7. The third-order valence-electron chi connectivity index (χ3n) is 5.17. The predicted molar refractivity (Wildman–Crippen MR) is 120 cm³/mol. The first-order valence-corrected chi connectivity index (χ1v) is 11.0. The molecule has 33 heavy (non-hydrogen) atoms. The van der Waals surface area contributed by atoms with Crippen LogP contribution in [0.4, 0.5) is 4.79 Å². The molecule has 2 amide bonds. The van der Waals surface area contributed by atoms with E-state index in [0.29, 0.717) is 17.8 Å². The Morgan fingerprint density at radius 1 is 1.15 bits per heavy atom. The van der Waals surface area contributed by atoms with Crippen LogP contribution in [0.25, 0.3) is 11.0 Å². The molecular weight excluding hydrogens is 428 g/mol. The number of para-hydroxylation sites is 2. The summed E-state index contributed by atoms with van der Waals surface area (Å²) in [5.74, 6) is -1.17. The summed E-state index contributed by atoms with van der Waals surface area (Å²) in [5, 5.41) is 4.96. The van der Waals surface area contributed by atoms with E-state index in [1.807, 2.05) is 24.3 Å². The van der Waals surface area contributed by atoms with Crippen LogP contribution in [0.15, 0.2) is 40.3 Å². The number of ether oxygens (including phenoxy) is 2. The van der Waals surface area contributed by atoms with Gasteiger partial charge in [0.15, 0.2) is 0 Å². The molecule has 176 valence electrons. The number of benzene rings is 1. The van der Waals surface area contributed by atoms with Gasteiger partial charge in [0.1, 0.15) is 12.3 Å². The molecule has 2 heterocycles. The lowest BCUT2D eigenvalue weighted by atomic mass is 10.1. The van der Waals surface area contributed by atoms with E-state index in [-0.39, 0.29) is 49.4 Å². The van der Waals surface area contributed by atoms with Gasteiger partial charge in [-0.2, -0.15) is 0 Å². The molecule has 0 saturated carbocycles. The first-order chi connectivity index (χ1) is 15.9. The summed E-state index contributed by atoms with van der Waals surface area (Å²) in [6, 6.07) is 6.91. The van der Waals surface area contributed by atoms with E-state index in [4.69, 9.17) is 9.47 Å². The van der Waals surface area contributed by atoms with Gasteiger partial charge in [-0.3, -0.25) is 9.59 Å². The van der Waals surface area contributed by atoms with Crippen LogP contribution < -0.4 is 16.2 Å². The molecule has 1 aliphatic rings. The molecule has 0 aliphatic carbocycles. The number of fused-ring (bicyclic) bond motifs is 1. The zero-order chi connectivity index (χ0) is 23.8. The molecule has 0 spiro atoms. The summed E-state index contributed by atoms with van der Waals surface area (Å²) >= 11 is 0. The molecule has 0 unspecified atom stereocenters. The number of nitrogens with one attached hydrogen (secondary N) is 2. The fourth-order valence-corrected chi connectivity index (χ4v) is 3.46. The lowest BCUT2D eigenvalue weighted by Gasteiger charge is -2.21. The maximum absolute atomic E-state index is 13.0. The Hall–Kier alpha value is -3.69. The van der Waals surface area contributed by atoms with E-state index in [0.717, 1.165) is 18.4 Å². The van der Waals surface area contributed by atoms with E-state index in [1.54, 1.807) is 11.5 Å². The smallest absolute Gasteiger partial charge is 0.337 e. The molecule has 2 N–H and O–H groups in total. The molecule has 1 aliphatic heterocycles. The number of aromatic nitrogens is 2. The zero-order valence-corrected chi connectivity index (χ0v) is 18.8. The topological polar surface area (TPSA) is 129 Å². The number of esters is 2. The number of unbranched alkanes of at least 4 members (excludes halogenated alkanes) is 1. The fourth-order valence-electron chi connectivity index (χ4n) is 3.46. The normalized spacial score (nSPS) is 13.5. The molecule has 0 bridgehead atoms. The van der Waals surface area contributed by atoms with Gasteiger partial charge in [0.25, 0.3) is 5.56 Å². The number of hydrogen-bond donors (Lipinski definition) is 2. The average molecular weight is 456 g/mol. The maximum atomic E-state index is 13.0. The molecule has 1 aromatic carbocycles. The molecule has 1 aromatic heterocycles. The second-order valence-electron chi connectivity index (χ2n) is 7.50. The van der Waals surface area contributed by atoms with Crippen LogP contribution >= 0.6 is 0 Å². The molecule has 10 heteroatoms. The third-order valence-corrected chi connectivity index (χ3v) is 5.17. The van der Waals surface area contributed by atoms with E-state index < -0.39 is 18.0 Å². The number of carbonyl (C=O) groups excluding carboxylic acids is 3. The minimum Gasteiger partial charge on any atom is -0.463 e. The number of nitrogens with zero attached hydrogens (tertiary/aromatic N) is 2. The van der Waals surface area contributed by atoms with Gasteiger partial charge in [0.05, 0.1) is 41.9 Å². The standard InChI is InChI=1S/C23H28N4O6/c1-3-5-12-27-19-9-7-6-8-16(19)25-17(21(27)29)10-11-20(28)33-14-18-15(22(30)32-4-2)13-24-23(31)26-18/h6-9H,3-5,10-14H2,1-2H3,(H2,24,26,31). The SMILES string of the molecule is CCCCn1c(=O)c(CCC(=O)OCC2=C(C(=O)OCC)CNC(=O)N2)nc2ccccc21. The van der Waals surface area contributed by atoms with Gasteiger partial charge in [-0.1, -0.05) is 25.5 Å². The van der Waals surface area contributed by atoms with Crippen LogP contribution in [0.1, 0.15) is 38.8 Å². The zero-order valence-electron chi connectivity index (χ0n) is 18.8. The molecule has 10 nitrogen and oxygen atoms in total. The summed E-state index contributed by atoms with van der Waals surface area (Å²) in [5.41, 5.74) is 1.91. The van der Waals surface area contributed by atoms with Crippen LogP contribution in [0, 0.1) is 0 Å². The van der Waals surface area contributed by atoms with Gasteiger partial charge >= 0.3 is 18.0 Å². The van der Waals surface area contributed by atoms with Crippen molar-refractivity contribution in [3.8, 4) is 0 Å². The Bertz CT molecular complexity index is 1140. The molecule has 3 rings (SSSR count). The van der Waals surface area contributed by atoms with E-state index in [1.165, 1.54) is 0 Å². The summed E-state index contributed by atoms with van der Waals surface area (Å²) in [6.07, 6.45) is 1.85. The largest absolute Gasteiger partial charge is 0.463 e. The van der Waals surface area contributed by atoms with Crippen molar-refractivity contribution in [3.63, 3.8) is 0 Å². The molecule has 0 atom stereocenters. The van der Waals surface area contributed by atoms with Crippen molar-refractivity contribution in [2.24, 2.45) is 0 Å². The first kappa shape index (κ1) is 24.0. The Labute approximate surface area is 191 Å². The lowest BCUT2D eigenvalue weighted by Crippen LogP contribution is -2.45. The lowest BCUT2D eigenvalue weighted by molar-refractivity contribution is -0.143. The predicted octanol–water partition coefficient (Wildman–Crippen LogP) is 1.80. The first-order valence-electron chi connectivity index (χ1n) is 11.0. The molecule has 0 radical (unpaired) electrons. The Kier molecular flexibility index (Phi) is 8.17. The van der Waals surface area contributed by atoms with Gasteiger partial charge in [0.2, 0.25) is 0 Å². The maximum Gasteiger partial charge on any atom is 0.337 e. The van der Waals surface area contributed by atoms with Crippen molar-refractivity contribution in [1.82, 2.24) is 20.2 Å². The molecular formula is C23H28N4O6. The van der Waals surface area contributed by atoms with Crippen LogP contribution in [0.2, 0.25) is 0 Å². The number of carbonyl (C=O) groups is 3. The van der Waals surface area contributed by atoms with Crippen LogP contribution in [0.3, 0.4) is 0 Å². The summed E-state index contributed by atoms with van der Waals surface area (Å²) < 4.78 is 11.9. The highest BCUT2D eigenvalue weighted by Crippen LogP contribution is 2.13. The Morgan fingerprint density at radius 3 is 2.70 bits per heavy atom. The minimum absolute atomic E-state index is 0.0180. The van der Waals surface area contributed by atoms with Crippen molar-refractivity contribution in [3.05, 3.63) is 51.6 Å². The highest BCUT2D eigenvalue weighted by Gasteiger charge is 2.24. The second kappa shape index (κ2) is 11.3. The minimum atomic E-state index is -0.593. The van der Waals surface area contributed by atoms with Crippen LogP contribution in [0.5, 0.6) is 0 Å². The quantitative estimate of drug-likeness (QED) is 0.522.